The number of anilines is 1. The van der Waals surface area contributed by atoms with E-state index in [1.54, 1.807) is 12.1 Å². The number of piperidine rings is 2. The number of nitrogens with two attached hydrogens (primary N) is 1. The van der Waals surface area contributed by atoms with E-state index in [0.29, 0.717) is 70.4 Å². The van der Waals surface area contributed by atoms with E-state index in [2.05, 4.69) is 39.6 Å². The number of rotatable bonds is 12. The molecule has 3 aliphatic heterocycles. The van der Waals surface area contributed by atoms with Crippen LogP contribution in [0.15, 0.2) is 108 Å². The van der Waals surface area contributed by atoms with Gasteiger partial charge < -0.3 is 15.4 Å². The smallest absolute Gasteiger partial charge is 0.263 e. The molecule has 6 aromatic rings. The lowest BCUT2D eigenvalue weighted by Gasteiger charge is -2.32. The molecule has 2 saturated heterocycles. The number of imide groups is 2. The molecule has 4 aromatic carbocycles. The summed E-state index contributed by atoms with van der Waals surface area (Å²) in [5.74, 6) is 0.564. The van der Waals surface area contributed by atoms with Crippen LogP contribution in [0.25, 0.3) is 22.3 Å². The summed E-state index contributed by atoms with van der Waals surface area (Å²) in [4.78, 5) is 76.6. The van der Waals surface area contributed by atoms with Crippen molar-refractivity contribution in [2.24, 2.45) is 0 Å². The van der Waals surface area contributed by atoms with Gasteiger partial charge in [-0.1, -0.05) is 48.5 Å². The van der Waals surface area contributed by atoms with E-state index in [1.807, 2.05) is 70.2 Å². The maximum atomic E-state index is 13.4. The number of nitrogens with one attached hydrogen (secondary N) is 1. The van der Waals surface area contributed by atoms with Crippen LogP contribution in [0.1, 0.15) is 70.0 Å². The number of hydrogen-bond donors (Lipinski definition) is 2. The Morgan fingerprint density at radius 2 is 1.52 bits per heavy atom. The van der Waals surface area contributed by atoms with Gasteiger partial charge in [0.2, 0.25) is 17.7 Å². The Labute approximate surface area is 355 Å². The second-order valence-corrected chi connectivity index (χ2v) is 16.5. The number of benzene rings is 4. The van der Waals surface area contributed by atoms with E-state index < -0.39 is 29.7 Å². The SMILES string of the molecule is Nc1ncnc2c1c(-c1ccc(Oc3ccccc3)cc1)nn2C1CCN(C(=O)CCc2ccc(CCSc3cccc4c3C(=O)N(C3CCC(=O)NC3=O)C4=O)cc2)CC1. The molecule has 0 aliphatic carbocycles. The van der Waals surface area contributed by atoms with Gasteiger partial charge in [-0.05, 0) is 91.8 Å². The van der Waals surface area contributed by atoms with E-state index >= 15 is 0 Å². The predicted molar refractivity (Wildman–Crippen MR) is 229 cm³/mol. The van der Waals surface area contributed by atoms with Crippen LogP contribution >= 0.6 is 11.8 Å². The van der Waals surface area contributed by atoms with Gasteiger partial charge in [-0.15, -0.1) is 11.8 Å². The minimum atomic E-state index is -0.999. The van der Waals surface area contributed by atoms with Crippen molar-refractivity contribution in [3.63, 3.8) is 0 Å². The average Bonchev–Trinajstić information content (AvgIpc) is 3.79. The summed E-state index contributed by atoms with van der Waals surface area (Å²) in [6.07, 6.45) is 4.88. The Bertz CT molecular complexity index is 2660. The first kappa shape index (κ1) is 39.6. The summed E-state index contributed by atoms with van der Waals surface area (Å²) < 4.78 is 7.93. The molecular formula is C46H42N8O6S. The summed E-state index contributed by atoms with van der Waals surface area (Å²) in [6.45, 7) is 1.23. The molecule has 15 heteroatoms. The third-order valence-electron chi connectivity index (χ3n) is 11.5. The lowest BCUT2D eigenvalue weighted by Crippen LogP contribution is -2.54. The first-order chi connectivity index (χ1) is 29.7. The molecule has 0 bridgehead atoms. The number of nitrogen functional groups attached to an aromatic ring is 1. The lowest BCUT2D eigenvalue weighted by molar-refractivity contribution is -0.136. The Hall–Kier alpha value is -6.87. The maximum absolute atomic E-state index is 13.4. The number of hydrogen-bond acceptors (Lipinski definition) is 11. The van der Waals surface area contributed by atoms with Crippen molar-refractivity contribution in [1.82, 2.24) is 34.9 Å². The van der Waals surface area contributed by atoms with Crippen LogP contribution in [0.2, 0.25) is 0 Å². The molecule has 0 saturated carbocycles. The number of ether oxygens (including phenoxy) is 1. The molecular weight excluding hydrogens is 793 g/mol. The second-order valence-electron chi connectivity index (χ2n) is 15.3. The van der Waals surface area contributed by atoms with Crippen LogP contribution in [0, 0.1) is 0 Å². The third-order valence-corrected chi connectivity index (χ3v) is 12.6. The molecule has 1 unspecified atom stereocenters. The van der Waals surface area contributed by atoms with Gasteiger partial charge in [0.05, 0.1) is 22.6 Å². The highest BCUT2D eigenvalue weighted by Gasteiger charge is 2.45. The highest BCUT2D eigenvalue weighted by atomic mass is 32.2. The fourth-order valence-corrected chi connectivity index (χ4v) is 9.36. The van der Waals surface area contributed by atoms with Crippen LogP contribution in [-0.2, 0) is 27.2 Å². The van der Waals surface area contributed by atoms with E-state index in [-0.39, 0.29) is 30.4 Å². The molecule has 2 aromatic heterocycles. The standard InChI is InChI=1S/C46H42N8O6S/c47-42-40-41(30-14-16-33(17-15-30)60-32-5-2-1-3-6-32)51-54(43(40)49-27-48-42)31-21-24-52(25-22-31)38(56)20-13-28-9-11-29(12-10-28)23-26-61-36-8-4-7-34-39(36)46(59)53(45(34)58)35-18-19-37(55)50-44(35)57/h1-12,14-17,27,31,35H,13,18-26H2,(H2,47,48,49)(H,50,55,57). The Morgan fingerprint density at radius 3 is 2.26 bits per heavy atom. The van der Waals surface area contributed by atoms with Gasteiger partial charge in [0.1, 0.15) is 35.4 Å². The quantitative estimate of drug-likeness (QED) is 0.103. The normalized spacial score (nSPS) is 16.9. The summed E-state index contributed by atoms with van der Waals surface area (Å²) >= 11 is 1.48. The van der Waals surface area contributed by atoms with Gasteiger partial charge in [-0.2, -0.15) is 5.10 Å². The van der Waals surface area contributed by atoms with Crippen molar-refractivity contribution in [3.05, 3.63) is 126 Å². The van der Waals surface area contributed by atoms with Crippen molar-refractivity contribution in [2.75, 3.05) is 24.6 Å². The number of para-hydroxylation sites is 1. The minimum Gasteiger partial charge on any atom is -0.457 e. The Balaban J connectivity index is 0.766. The molecule has 1 atom stereocenters. The number of aryl methyl sites for hydroxylation is 2. The van der Waals surface area contributed by atoms with Crippen molar-refractivity contribution < 1.29 is 28.7 Å². The van der Waals surface area contributed by atoms with Crippen LogP contribution in [0.4, 0.5) is 5.82 Å². The van der Waals surface area contributed by atoms with Crippen molar-refractivity contribution in [3.8, 4) is 22.8 Å². The zero-order valence-corrected chi connectivity index (χ0v) is 34.0. The Morgan fingerprint density at radius 1 is 0.803 bits per heavy atom. The summed E-state index contributed by atoms with van der Waals surface area (Å²) in [5, 5.41) is 7.97. The zero-order chi connectivity index (χ0) is 42.0. The lowest BCUT2D eigenvalue weighted by atomic mass is 10.0. The first-order valence-electron chi connectivity index (χ1n) is 20.4. The molecule has 2 fully saturated rings. The van der Waals surface area contributed by atoms with E-state index in [0.717, 1.165) is 46.6 Å². The van der Waals surface area contributed by atoms with Crippen LogP contribution in [-0.4, -0.2) is 84.0 Å². The second kappa shape index (κ2) is 17.0. The molecule has 0 spiro atoms. The molecule has 3 N–H and O–H groups in total. The average molecular weight is 835 g/mol. The summed E-state index contributed by atoms with van der Waals surface area (Å²) in [7, 11) is 0. The number of likely N-dealkylation sites (tertiary alicyclic amines) is 1. The highest BCUT2D eigenvalue weighted by Crippen LogP contribution is 2.37. The number of carbonyl (C=O) groups excluding carboxylic acids is 5. The van der Waals surface area contributed by atoms with Gasteiger partial charge in [-0.3, -0.25) is 34.2 Å². The van der Waals surface area contributed by atoms with Gasteiger partial charge in [0.15, 0.2) is 5.65 Å². The summed E-state index contributed by atoms with van der Waals surface area (Å²) in [6, 6.07) is 29.8. The summed E-state index contributed by atoms with van der Waals surface area (Å²) in [5.41, 5.74) is 11.4. The fraction of sp³-hybridized carbons (Fsp3) is 0.261. The van der Waals surface area contributed by atoms with Crippen LogP contribution in [0.5, 0.6) is 11.5 Å². The third kappa shape index (κ3) is 8.08. The largest absolute Gasteiger partial charge is 0.457 e. The number of aromatic nitrogens is 4. The van der Waals surface area contributed by atoms with Crippen molar-refractivity contribution >= 4 is 58.1 Å². The van der Waals surface area contributed by atoms with Crippen LogP contribution < -0.4 is 15.8 Å². The van der Waals surface area contributed by atoms with Crippen molar-refractivity contribution in [2.45, 2.75) is 61.9 Å². The molecule has 14 nitrogen and oxygen atoms in total. The van der Waals surface area contributed by atoms with Crippen LogP contribution in [0.3, 0.4) is 0 Å². The molecule has 61 heavy (non-hydrogen) atoms. The monoisotopic (exact) mass is 834 g/mol. The van der Waals surface area contributed by atoms with Gasteiger partial charge >= 0.3 is 0 Å². The molecule has 9 rings (SSSR count). The van der Waals surface area contributed by atoms with Crippen molar-refractivity contribution in [1.29, 1.82) is 0 Å². The Kier molecular flexibility index (Phi) is 11.0. The molecule has 5 amide bonds. The predicted octanol–water partition coefficient (Wildman–Crippen LogP) is 6.40. The topological polar surface area (TPSA) is 183 Å². The molecule has 308 valence electrons. The molecule has 0 radical (unpaired) electrons. The number of fused-ring (bicyclic) bond motifs is 2. The van der Waals surface area contributed by atoms with E-state index in [9.17, 15) is 24.0 Å². The maximum Gasteiger partial charge on any atom is 0.263 e. The number of amides is 5. The number of carbonyl (C=O) groups is 5. The van der Waals surface area contributed by atoms with Gasteiger partial charge in [-0.25, -0.2) is 14.6 Å². The highest BCUT2D eigenvalue weighted by molar-refractivity contribution is 7.99. The van der Waals surface area contributed by atoms with Gasteiger partial charge in [0, 0.05) is 42.1 Å². The molecule has 3 aliphatic rings. The number of nitrogens with zero attached hydrogens (tertiary/aromatic N) is 6. The number of thioether (sulfide) groups is 1. The van der Waals surface area contributed by atoms with E-state index in [1.165, 1.54) is 18.1 Å². The zero-order valence-electron chi connectivity index (χ0n) is 33.2. The first-order valence-corrected chi connectivity index (χ1v) is 21.4. The molecule has 5 heterocycles. The van der Waals surface area contributed by atoms with E-state index in [4.69, 9.17) is 15.6 Å². The fourth-order valence-electron chi connectivity index (χ4n) is 8.28. The minimum absolute atomic E-state index is 0.0410. The van der Waals surface area contributed by atoms with Gasteiger partial charge in [0.25, 0.3) is 11.8 Å².